The van der Waals surface area contributed by atoms with E-state index in [1.54, 1.807) is 18.2 Å². The number of carbonyl (C=O) groups is 1. The van der Waals surface area contributed by atoms with Gasteiger partial charge in [0, 0.05) is 4.47 Å². The molecule has 0 atom stereocenters. The van der Waals surface area contributed by atoms with Crippen molar-refractivity contribution in [2.45, 2.75) is 0 Å². The number of benzene rings is 1. The molecule has 1 rings (SSSR count). The van der Waals surface area contributed by atoms with Gasteiger partial charge in [0.1, 0.15) is 6.54 Å². The summed E-state index contributed by atoms with van der Waals surface area (Å²) in [6.45, 7) is -0.178. The number of anilines is 1. The van der Waals surface area contributed by atoms with Gasteiger partial charge in [-0.1, -0.05) is 27.5 Å². The summed E-state index contributed by atoms with van der Waals surface area (Å²) in [6, 6.07) is 5.25. The highest BCUT2D eigenvalue weighted by Gasteiger charge is 2.00. The van der Waals surface area contributed by atoms with Crippen LogP contribution in [0.3, 0.4) is 0 Å². The minimum absolute atomic E-state index is 0.178. The van der Waals surface area contributed by atoms with Gasteiger partial charge in [-0.15, -0.1) is 0 Å². The first-order chi connectivity index (χ1) is 6.59. The first-order valence-electron chi connectivity index (χ1n) is 3.75. The lowest BCUT2D eigenvalue weighted by Gasteiger charge is -2.08. The molecule has 0 unspecified atom stereocenters. The molecule has 0 radical (unpaired) electrons. The van der Waals surface area contributed by atoms with Gasteiger partial charge in [-0.3, -0.25) is 4.79 Å². The van der Waals surface area contributed by atoms with E-state index in [1.165, 1.54) is 0 Å². The lowest BCUT2D eigenvalue weighted by Crippen LogP contribution is -2.28. The van der Waals surface area contributed by atoms with Gasteiger partial charge < -0.3 is 10.5 Å². The zero-order valence-corrected chi connectivity index (χ0v) is 9.39. The number of hydrazine groups is 1. The Labute approximate surface area is 94.4 Å². The average Bonchev–Trinajstić information content (AvgIpc) is 2.10. The van der Waals surface area contributed by atoms with Gasteiger partial charge in [0.2, 0.25) is 0 Å². The third-order valence-electron chi connectivity index (χ3n) is 1.39. The maximum Gasteiger partial charge on any atom is 0.319 e. The van der Waals surface area contributed by atoms with Crippen molar-refractivity contribution in [1.29, 1.82) is 0 Å². The number of rotatable bonds is 4. The standard InChI is InChI=1S/C8H8BrClN2O2/c9-5-1-2-6(10)7(3-5)12-11-4-8(13)14/h1-3,11-12H,4H2,(H,13,14). The fourth-order valence-corrected chi connectivity index (χ4v) is 1.33. The summed E-state index contributed by atoms with van der Waals surface area (Å²) < 4.78 is 0.863. The summed E-state index contributed by atoms with van der Waals surface area (Å²) in [5.74, 6) is -0.941. The molecule has 76 valence electrons. The molecule has 1 aromatic carbocycles. The Kier molecular flexibility index (Phi) is 4.19. The van der Waals surface area contributed by atoms with Crippen LogP contribution >= 0.6 is 27.5 Å². The maximum atomic E-state index is 10.2. The minimum Gasteiger partial charge on any atom is -0.480 e. The molecule has 3 N–H and O–H groups in total. The highest BCUT2D eigenvalue weighted by Crippen LogP contribution is 2.24. The highest BCUT2D eigenvalue weighted by molar-refractivity contribution is 9.10. The van der Waals surface area contributed by atoms with Gasteiger partial charge in [0.25, 0.3) is 0 Å². The minimum atomic E-state index is -0.941. The van der Waals surface area contributed by atoms with Crippen LogP contribution in [0.25, 0.3) is 0 Å². The first kappa shape index (κ1) is 11.3. The fourth-order valence-electron chi connectivity index (χ4n) is 0.808. The van der Waals surface area contributed by atoms with E-state index in [1.807, 2.05) is 0 Å². The summed E-state index contributed by atoms with van der Waals surface area (Å²) in [5.41, 5.74) is 5.83. The lowest BCUT2D eigenvalue weighted by atomic mass is 10.3. The van der Waals surface area contributed by atoms with Crippen LogP contribution < -0.4 is 10.9 Å². The van der Waals surface area contributed by atoms with E-state index in [-0.39, 0.29) is 6.54 Å². The molecule has 0 aliphatic rings. The van der Waals surface area contributed by atoms with Crippen molar-refractivity contribution in [1.82, 2.24) is 5.43 Å². The van der Waals surface area contributed by atoms with Crippen molar-refractivity contribution in [3.8, 4) is 0 Å². The van der Waals surface area contributed by atoms with Crippen molar-refractivity contribution in [3.05, 3.63) is 27.7 Å². The monoisotopic (exact) mass is 278 g/mol. The summed E-state index contributed by atoms with van der Waals surface area (Å²) in [7, 11) is 0. The molecule has 0 amide bonds. The molecule has 0 aliphatic heterocycles. The molecule has 0 saturated heterocycles. The van der Waals surface area contributed by atoms with Crippen LogP contribution in [0.5, 0.6) is 0 Å². The molecule has 0 saturated carbocycles. The number of carboxylic acid groups (broad SMARTS) is 1. The summed E-state index contributed by atoms with van der Waals surface area (Å²) in [5, 5.41) is 8.89. The predicted octanol–water partition coefficient (Wildman–Crippen LogP) is 2.10. The molecule has 6 heteroatoms. The largest absolute Gasteiger partial charge is 0.480 e. The Morgan fingerprint density at radius 1 is 1.57 bits per heavy atom. The first-order valence-corrected chi connectivity index (χ1v) is 4.92. The predicted molar refractivity (Wildman–Crippen MR) is 58.4 cm³/mol. The zero-order chi connectivity index (χ0) is 10.6. The third-order valence-corrected chi connectivity index (χ3v) is 2.21. The molecule has 0 bridgehead atoms. The summed E-state index contributed by atoms with van der Waals surface area (Å²) in [6.07, 6.45) is 0. The van der Waals surface area contributed by atoms with E-state index in [2.05, 4.69) is 26.8 Å². The van der Waals surface area contributed by atoms with Gasteiger partial charge in [-0.05, 0) is 18.2 Å². The fraction of sp³-hybridized carbons (Fsp3) is 0.125. The van der Waals surface area contributed by atoms with Crippen molar-refractivity contribution >= 4 is 39.2 Å². The topological polar surface area (TPSA) is 61.4 Å². The normalized spacial score (nSPS) is 9.86. The molecule has 0 aromatic heterocycles. The molecule has 1 aromatic rings. The van der Waals surface area contributed by atoms with Gasteiger partial charge >= 0.3 is 5.97 Å². The number of aliphatic carboxylic acids is 1. The van der Waals surface area contributed by atoms with Crippen molar-refractivity contribution < 1.29 is 9.90 Å². The number of nitrogens with one attached hydrogen (secondary N) is 2. The zero-order valence-electron chi connectivity index (χ0n) is 7.05. The van der Waals surface area contributed by atoms with E-state index in [9.17, 15) is 4.79 Å². The molecular formula is C8H8BrClN2O2. The smallest absolute Gasteiger partial charge is 0.319 e. The van der Waals surface area contributed by atoms with Crippen molar-refractivity contribution in [2.24, 2.45) is 0 Å². The third kappa shape index (κ3) is 3.53. The van der Waals surface area contributed by atoms with Crippen molar-refractivity contribution in [3.63, 3.8) is 0 Å². The van der Waals surface area contributed by atoms with Crippen LogP contribution in [-0.4, -0.2) is 17.6 Å². The number of halogens is 2. The van der Waals surface area contributed by atoms with Gasteiger partial charge in [-0.2, -0.15) is 0 Å². The second kappa shape index (κ2) is 5.19. The molecule has 0 fully saturated rings. The van der Waals surface area contributed by atoms with Crippen LogP contribution in [0.4, 0.5) is 5.69 Å². The van der Waals surface area contributed by atoms with Crippen LogP contribution in [0.1, 0.15) is 0 Å². The molecule has 4 nitrogen and oxygen atoms in total. The Hall–Kier alpha value is -0.780. The molecule has 14 heavy (non-hydrogen) atoms. The number of hydrogen-bond acceptors (Lipinski definition) is 3. The quantitative estimate of drug-likeness (QED) is 0.739. The Bertz CT molecular complexity index is 346. The van der Waals surface area contributed by atoms with Crippen LogP contribution in [0.15, 0.2) is 22.7 Å². The number of carboxylic acids is 1. The van der Waals surface area contributed by atoms with E-state index in [0.717, 1.165) is 4.47 Å². The molecular weight excluding hydrogens is 271 g/mol. The van der Waals surface area contributed by atoms with Crippen LogP contribution in [0.2, 0.25) is 5.02 Å². The Morgan fingerprint density at radius 2 is 2.29 bits per heavy atom. The average molecular weight is 280 g/mol. The van der Waals surface area contributed by atoms with Gasteiger partial charge in [0.15, 0.2) is 0 Å². The Balaban J connectivity index is 2.57. The summed E-state index contributed by atoms with van der Waals surface area (Å²) in [4.78, 5) is 10.2. The second-order valence-corrected chi connectivity index (χ2v) is 3.82. The molecule has 0 heterocycles. The Morgan fingerprint density at radius 3 is 2.93 bits per heavy atom. The van der Waals surface area contributed by atoms with Crippen LogP contribution in [0, 0.1) is 0 Å². The SMILES string of the molecule is O=C(O)CNNc1cc(Br)ccc1Cl. The van der Waals surface area contributed by atoms with E-state index < -0.39 is 5.97 Å². The molecule has 0 spiro atoms. The lowest BCUT2D eigenvalue weighted by molar-refractivity contribution is -0.135. The van der Waals surface area contributed by atoms with E-state index in [0.29, 0.717) is 10.7 Å². The van der Waals surface area contributed by atoms with Gasteiger partial charge in [-0.25, -0.2) is 5.43 Å². The van der Waals surface area contributed by atoms with E-state index in [4.69, 9.17) is 16.7 Å². The maximum absolute atomic E-state index is 10.2. The van der Waals surface area contributed by atoms with Gasteiger partial charge in [0.05, 0.1) is 10.7 Å². The molecule has 0 aliphatic carbocycles. The van der Waals surface area contributed by atoms with Crippen LogP contribution in [-0.2, 0) is 4.79 Å². The second-order valence-electron chi connectivity index (χ2n) is 2.50. The van der Waals surface area contributed by atoms with Crippen molar-refractivity contribution in [2.75, 3.05) is 12.0 Å². The summed E-state index contributed by atoms with van der Waals surface area (Å²) >= 11 is 9.12. The van der Waals surface area contributed by atoms with E-state index >= 15 is 0 Å². The number of hydrogen-bond donors (Lipinski definition) is 3. The highest BCUT2D eigenvalue weighted by atomic mass is 79.9.